The van der Waals surface area contributed by atoms with Crippen molar-refractivity contribution in [2.75, 3.05) is 26.4 Å². The van der Waals surface area contributed by atoms with Crippen LogP contribution in [0.3, 0.4) is 0 Å². The van der Waals surface area contributed by atoms with Crippen LogP contribution in [-0.2, 0) is 21.2 Å². The average Bonchev–Trinajstić information content (AvgIpc) is 1.69. The molecule has 0 saturated heterocycles. The fraction of sp³-hybridized carbons (Fsp3) is 1.00. The van der Waals surface area contributed by atoms with Crippen molar-refractivity contribution >= 4 is 0 Å². The van der Waals surface area contributed by atoms with Gasteiger partial charge in [-0.15, -0.1) is 0 Å². The van der Waals surface area contributed by atoms with E-state index < -0.39 is 0 Å². The van der Waals surface area contributed by atoms with E-state index in [1.807, 2.05) is 0 Å². The Balaban J connectivity index is 0. The van der Waals surface area contributed by atoms with Gasteiger partial charge in [-0.3, -0.25) is 0 Å². The van der Waals surface area contributed by atoms with Crippen molar-refractivity contribution in [2.24, 2.45) is 0 Å². The first-order chi connectivity index (χ1) is 3.41. The van der Waals surface area contributed by atoms with Gasteiger partial charge in [-0.25, -0.2) is 0 Å². The van der Waals surface area contributed by atoms with E-state index in [9.17, 15) is 0 Å². The Morgan fingerprint density at radius 3 is 1.62 bits per heavy atom. The van der Waals surface area contributed by atoms with Gasteiger partial charge in [0.2, 0.25) is 0 Å². The maximum Gasteiger partial charge on any atom is 0.0698 e. The minimum absolute atomic E-state index is 0. The summed E-state index contributed by atoms with van der Waals surface area (Å²) in [4.78, 5) is 0. The summed E-state index contributed by atoms with van der Waals surface area (Å²) in [6.07, 6.45) is 0. The summed E-state index contributed by atoms with van der Waals surface area (Å²) in [6, 6.07) is 0. The van der Waals surface area contributed by atoms with Crippen molar-refractivity contribution in [2.45, 2.75) is 0 Å². The second kappa shape index (κ2) is 10.4. The standard InChI is InChI=1S/C4H10O3.Ni/c5-1-3-7-4-2-6;/h5-6H,1-4H2;. The van der Waals surface area contributed by atoms with Gasteiger partial charge in [0, 0.05) is 16.5 Å². The molecule has 0 aliphatic heterocycles. The van der Waals surface area contributed by atoms with Crippen LogP contribution in [-0.4, -0.2) is 36.6 Å². The topological polar surface area (TPSA) is 49.7 Å². The van der Waals surface area contributed by atoms with Crippen LogP contribution in [0.1, 0.15) is 0 Å². The molecule has 0 unspecified atom stereocenters. The molecule has 0 radical (unpaired) electrons. The molecular weight excluding hydrogens is 155 g/mol. The van der Waals surface area contributed by atoms with Gasteiger partial charge < -0.3 is 14.9 Å². The van der Waals surface area contributed by atoms with Crippen LogP contribution in [0.2, 0.25) is 0 Å². The van der Waals surface area contributed by atoms with Crippen LogP contribution in [0, 0.1) is 0 Å². The van der Waals surface area contributed by atoms with Crippen LogP contribution in [0.15, 0.2) is 0 Å². The van der Waals surface area contributed by atoms with E-state index in [1.54, 1.807) is 0 Å². The number of hydrogen-bond donors (Lipinski definition) is 2. The number of aliphatic hydroxyl groups is 2. The van der Waals surface area contributed by atoms with E-state index in [4.69, 9.17) is 10.2 Å². The second-order valence-corrected chi connectivity index (χ2v) is 1.06. The summed E-state index contributed by atoms with van der Waals surface area (Å²) < 4.78 is 4.63. The van der Waals surface area contributed by atoms with Gasteiger partial charge in [-0.2, -0.15) is 0 Å². The Kier molecular flexibility index (Phi) is 14.5. The number of rotatable bonds is 4. The Hall–Kier alpha value is 0.374. The molecule has 0 aromatic carbocycles. The van der Waals surface area contributed by atoms with E-state index in [-0.39, 0.29) is 29.7 Å². The Morgan fingerprint density at radius 1 is 1.00 bits per heavy atom. The minimum Gasteiger partial charge on any atom is -0.394 e. The van der Waals surface area contributed by atoms with Crippen molar-refractivity contribution in [3.63, 3.8) is 0 Å². The van der Waals surface area contributed by atoms with E-state index in [0.717, 1.165) is 0 Å². The zero-order chi connectivity index (χ0) is 5.54. The average molecular weight is 165 g/mol. The summed E-state index contributed by atoms with van der Waals surface area (Å²) in [7, 11) is 0. The molecule has 0 bridgehead atoms. The Bertz CT molecular complexity index is 30.5. The molecule has 0 atom stereocenters. The number of ether oxygens (including phenoxy) is 1. The molecular formula is C4H10NiO3. The maximum absolute atomic E-state index is 8.09. The summed E-state index contributed by atoms with van der Waals surface area (Å²) in [5, 5.41) is 16.2. The third-order valence-electron chi connectivity index (χ3n) is 0.471. The van der Waals surface area contributed by atoms with E-state index in [2.05, 4.69) is 4.74 Å². The third-order valence-corrected chi connectivity index (χ3v) is 0.471. The molecule has 0 rings (SSSR count). The molecule has 0 spiro atoms. The molecule has 0 aromatic rings. The molecule has 3 nitrogen and oxygen atoms in total. The van der Waals surface area contributed by atoms with Crippen molar-refractivity contribution in [1.82, 2.24) is 0 Å². The number of aliphatic hydroxyl groups excluding tert-OH is 2. The predicted octanol–water partition coefficient (Wildman–Crippen LogP) is -1.01. The first-order valence-electron chi connectivity index (χ1n) is 2.21. The molecule has 54 valence electrons. The predicted molar refractivity (Wildman–Crippen MR) is 25.0 cm³/mol. The first kappa shape index (κ1) is 11.2. The minimum atomic E-state index is 0. The molecule has 0 aliphatic carbocycles. The van der Waals surface area contributed by atoms with E-state index in [0.29, 0.717) is 13.2 Å². The van der Waals surface area contributed by atoms with E-state index in [1.165, 1.54) is 0 Å². The zero-order valence-electron chi connectivity index (χ0n) is 4.45. The van der Waals surface area contributed by atoms with Gasteiger partial charge in [0.1, 0.15) is 0 Å². The quantitative estimate of drug-likeness (QED) is 0.414. The normalized spacial score (nSPS) is 8.25. The first-order valence-corrected chi connectivity index (χ1v) is 2.21. The monoisotopic (exact) mass is 164 g/mol. The molecule has 0 aromatic heterocycles. The van der Waals surface area contributed by atoms with Crippen LogP contribution < -0.4 is 0 Å². The largest absolute Gasteiger partial charge is 0.394 e. The van der Waals surface area contributed by atoms with Crippen LogP contribution in [0.5, 0.6) is 0 Å². The Morgan fingerprint density at radius 2 is 1.38 bits per heavy atom. The van der Waals surface area contributed by atoms with Gasteiger partial charge in [0.25, 0.3) is 0 Å². The van der Waals surface area contributed by atoms with Gasteiger partial charge in [0.05, 0.1) is 26.4 Å². The zero-order valence-corrected chi connectivity index (χ0v) is 5.43. The van der Waals surface area contributed by atoms with Crippen LogP contribution >= 0.6 is 0 Å². The van der Waals surface area contributed by atoms with Crippen molar-refractivity contribution in [3.05, 3.63) is 0 Å². The van der Waals surface area contributed by atoms with E-state index >= 15 is 0 Å². The Labute approximate surface area is 58.6 Å². The van der Waals surface area contributed by atoms with Crippen molar-refractivity contribution in [1.29, 1.82) is 0 Å². The second-order valence-electron chi connectivity index (χ2n) is 1.06. The summed E-state index contributed by atoms with van der Waals surface area (Å²) >= 11 is 0. The third kappa shape index (κ3) is 9.62. The van der Waals surface area contributed by atoms with Gasteiger partial charge in [-0.05, 0) is 0 Å². The molecule has 4 heteroatoms. The molecule has 0 saturated carbocycles. The molecule has 0 amide bonds. The molecule has 0 aliphatic rings. The SMILES string of the molecule is OCCOCCO.[Ni]. The van der Waals surface area contributed by atoms with Gasteiger partial charge >= 0.3 is 0 Å². The summed E-state index contributed by atoms with van der Waals surface area (Å²) in [5.74, 6) is 0. The van der Waals surface area contributed by atoms with Crippen LogP contribution in [0.4, 0.5) is 0 Å². The smallest absolute Gasteiger partial charge is 0.0698 e. The fourth-order valence-electron chi connectivity index (χ4n) is 0.231. The van der Waals surface area contributed by atoms with Gasteiger partial charge in [0.15, 0.2) is 0 Å². The van der Waals surface area contributed by atoms with Crippen molar-refractivity contribution in [3.8, 4) is 0 Å². The molecule has 0 heterocycles. The van der Waals surface area contributed by atoms with Crippen molar-refractivity contribution < 1.29 is 31.4 Å². The van der Waals surface area contributed by atoms with Crippen LogP contribution in [0.25, 0.3) is 0 Å². The maximum atomic E-state index is 8.09. The number of hydrogen-bond acceptors (Lipinski definition) is 3. The molecule has 2 N–H and O–H groups in total. The molecule has 0 fully saturated rings. The fourth-order valence-corrected chi connectivity index (χ4v) is 0.231. The summed E-state index contributed by atoms with van der Waals surface area (Å²) in [5.41, 5.74) is 0. The molecule has 8 heavy (non-hydrogen) atoms. The van der Waals surface area contributed by atoms with Gasteiger partial charge in [-0.1, -0.05) is 0 Å². The summed E-state index contributed by atoms with van der Waals surface area (Å²) in [6.45, 7) is 0.696.